The molecule has 0 aromatic heterocycles. The van der Waals surface area contributed by atoms with E-state index in [1.54, 1.807) is 0 Å². The standard InChI is InChI=1S/C6H17N3O/c1-9(4-2-3-7)5-6(8)10/h6,10H,2-5,7-8H2,1H3. The molecule has 0 saturated heterocycles. The van der Waals surface area contributed by atoms with Crippen molar-refractivity contribution >= 4 is 0 Å². The lowest BCUT2D eigenvalue weighted by molar-refractivity contribution is 0.131. The fourth-order valence-electron chi connectivity index (χ4n) is 0.772. The van der Waals surface area contributed by atoms with Crippen LogP contribution < -0.4 is 11.5 Å². The highest BCUT2D eigenvalue weighted by Gasteiger charge is 2.00. The first-order valence-electron chi connectivity index (χ1n) is 3.49. The molecule has 1 atom stereocenters. The Balaban J connectivity index is 3.16. The molecular formula is C6H17N3O. The highest BCUT2D eigenvalue weighted by molar-refractivity contribution is 4.54. The maximum absolute atomic E-state index is 8.73. The van der Waals surface area contributed by atoms with Crippen LogP contribution >= 0.6 is 0 Å². The molecule has 0 bridgehead atoms. The summed E-state index contributed by atoms with van der Waals surface area (Å²) >= 11 is 0. The van der Waals surface area contributed by atoms with E-state index in [2.05, 4.69) is 0 Å². The average Bonchev–Trinajstić information content (AvgIpc) is 1.82. The van der Waals surface area contributed by atoms with E-state index in [1.807, 2.05) is 11.9 Å². The molecule has 10 heavy (non-hydrogen) atoms. The van der Waals surface area contributed by atoms with Crippen molar-refractivity contribution in [1.29, 1.82) is 0 Å². The summed E-state index contributed by atoms with van der Waals surface area (Å²) in [6.07, 6.45) is 0.214. The number of hydrogen-bond donors (Lipinski definition) is 3. The van der Waals surface area contributed by atoms with E-state index >= 15 is 0 Å². The van der Waals surface area contributed by atoms with Crippen LogP contribution in [0.2, 0.25) is 0 Å². The van der Waals surface area contributed by atoms with Crippen LogP contribution in [0.5, 0.6) is 0 Å². The predicted molar refractivity (Wildman–Crippen MR) is 41.4 cm³/mol. The van der Waals surface area contributed by atoms with Crippen LogP contribution in [0.3, 0.4) is 0 Å². The van der Waals surface area contributed by atoms with Crippen LogP contribution in [0.4, 0.5) is 0 Å². The summed E-state index contributed by atoms with van der Waals surface area (Å²) in [6, 6.07) is 0. The summed E-state index contributed by atoms with van der Waals surface area (Å²) in [6.45, 7) is 2.09. The van der Waals surface area contributed by atoms with E-state index in [4.69, 9.17) is 16.6 Å². The Morgan fingerprint density at radius 2 is 2.20 bits per heavy atom. The summed E-state index contributed by atoms with van der Waals surface area (Å²) < 4.78 is 0. The second-order valence-electron chi connectivity index (χ2n) is 2.47. The molecule has 0 saturated carbocycles. The molecule has 0 aliphatic rings. The summed E-state index contributed by atoms with van der Waals surface area (Å²) in [5, 5.41) is 8.73. The molecule has 0 amide bonds. The Hall–Kier alpha value is -0.160. The Morgan fingerprint density at radius 1 is 1.60 bits per heavy atom. The molecule has 0 aromatic rings. The number of aliphatic hydroxyl groups is 1. The first kappa shape index (κ1) is 9.84. The quantitative estimate of drug-likeness (QED) is 0.416. The zero-order chi connectivity index (χ0) is 7.98. The fraction of sp³-hybridized carbons (Fsp3) is 1.00. The minimum Gasteiger partial charge on any atom is -0.377 e. The molecule has 0 heterocycles. The lowest BCUT2D eigenvalue weighted by Crippen LogP contribution is -2.35. The number of nitrogens with two attached hydrogens (primary N) is 2. The summed E-state index contributed by atoms with van der Waals surface area (Å²) in [5.41, 5.74) is 10.4. The van der Waals surface area contributed by atoms with Gasteiger partial charge < -0.3 is 21.5 Å². The molecular weight excluding hydrogens is 130 g/mol. The molecule has 62 valence electrons. The van der Waals surface area contributed by atoms with Crippen molar-refractivity contribution < 1.29 is 5.11 Å². The van der Waals surface area contributed by atoms with Crippen molar-refractivity contribution in [1.82, 2.24) is 4.90 Å². The monoisotopic (exact) mass is 147 g/mol. The Labute approximate surface area is 61.8 Å². The minimum atomic E-state index is -0.734. The topological polar surface area (TPSA) is 75.5 Å². The Bertz CT molecular complexity index is 77.4. The van der Waals surface area contributed by atoms with E-state index < -0.39 is 6.23 Å². The SMILES string of the molecule is CN(CCCN)CC(N)O. The lowest BCUT2D eigenvalue weighted by atomic mass is 10.4. The van der Waals surface area contributed by atoms with Gasteiger partial charge in [-0.25, -0.2) is 0 Å². The molecule has 0 radical (unpaired) electrons. The molecule has 0 spiro atoms. The van der Waals surface area contributed by atoms with E-state index in [9.17, 15) is 0 Å². The number of nitrogens with zero attached hydrogens (tertiary/aromatic N) is 1. The van der Waals surface area contributed by atoms with Gasteiger partial charge in [-0.3, -0.25) is 0 Å². The van der Waals surface area contributed by atoms with Gasteiger partial charge in [-0.05, 0) is 26.6 Å². The van der Waals surface area contributed by atoms with Gasteiger partial charge in [-0.1, -0.05) is 0 Å². The van der Waals surface area contributed by atoms with Crippen molar-refractivity contribution in [3.05, 3.63) is 0 Å². The smallest absolute Gasteiger partial charge is 0.115 e. The van der Waals surface area contributed by atoms with Crippen molar-refractivity contribution in [2.75, 3.05) is 26.7 Å². The molecule has 0 rings (SSSR count). The van der Waals surface area contributed by atoms with Crippen LogP contribution in [-0.2, 0) is 0 Å². The molecule has 0 aliphatic carbocycles. The summed E-state index contributed by atoms with van der Waals surface area (Å²) in [5.74, 6) is 0. The van der Waals surface area contributed by atoms with Gasteiger partial charge >= 0.3 is 0 Å². The van der Waals surface area contributed by atoms with Crippen LogP contribution in [-0.4, -0.2) is 42.9 Å². The van der Waals surface area contributed by atoms with Crippen molar-refractivity contribution in [2.45, 2.75) is 12.6 Å². The largest absolute Gasteiger partial charge is 0.377 e. The second kappa shape index (κ2) is 5.61. The third kappa shape index (κ3) is 5.97. The third-order valence-electron chi connectivity index (χ3n) is 1.24. The van der Waals surface area contributed by atoms with Crippen molar-refractivity contribution in [3.63, 3.8) is 0 Å². The van der Waals surface area contributed by atoms with Gasteiger partial charge in [0.1, 0.15) is 6.23 Å². The van der Waals surface area contributed by atoms with Gasteiger partial charge in [-0.15, -0.1) is 0 Å². The molecule has 5 N–H and O–H groups in total. The van der Waals surface area contributed by atoms with Gasteiger partial charge in [0.2, 0.25) is 0 Å². The van der Waals surface area contributed by atoms with Crippen LogP contribution in [0.15, 0.2) is 0 Å². The van der Waals surface area contributed by atoms with Gasteiger partial charge in [0.25, 0.3) is 0 Å². The van der Waals surface area contributed by atoms with Crippen LogP contribution in [0.1, 0.15) is 6.42 Å². The van der Waals surface area contributed by atoms with E-state index in [-0.39, 0.29) is 0 Å². The lowest BCUT2D eigenvalue weighted by Gasteiger charge is -2.16. The molecule has 0 aromatic carbocycles. The zero-order valence-corrected chi connectivity index (χ0v) is 6.45. The first-order valence-corrected chi connectivity index (χ1v) is 3.49. The number of likely N-dealkylation sites (N-methyl/N-ethyl adjacent to an activating group) is 1. The van der Waals surface area contributed by atoms with Gasteiger partial charge in [0.15, 0.2) is 0 Å². The molecule has 4 nitrogen and oxygen atoms in total. The summed E-state index contributed by atoms with van der Waals surface area (Å²) in [7, 11) is 1.91. The second-order valence-corrected chi connectivity index (χ2v) is 2.47. The van der Waals surface area contributed by atoms with E-state index in [0.29, 0.717) is 13.1 Å². The average molecular weight is 147 g/mol. The maximum atomic E-state index is 8.73. The van der Waals surface area contributed by atoms with E-state index in [0.717, 1.165) is 13.0 Å². The zero-order valence-electron chi connectivity index (χ0n) is 6.45. The van der Waals surface area contributed by atoms with Crippen molar-refractivity contribution in [3.8, 4) is 0 Å². The Kier molecular flexibility index (Phi) is 5.52. The molecule has 0 fully saturated rings. The van der Waals surface area contributed by atoms with Crippen LogP contribution in [0.25, 0.3) is 0 Å². The first-order chi connectivity index (χ1) is 4.66. The van der Waals surface area contributed by atoms with Gasteiger partial charge in [-0.2, -0.15) is 0 Å². The number of aliphatic hydroxyl groups excluding tert-OH is 1. The molecule has 4 heteroatoms. The maximum Gasteiger partial charge on any atom is 0.115 e. The predicted octanol–water partition coefficient (Wildman–Crippen LogP) is -1.46. The van der Waals surface area contributed by atoms with Gasteiger partial charge in [0, 0.05) is 6.54 Å². The number of rotatable bonds is 5. The molecule has 0 aliphatic heterocycles. The fourth-order valence-corrected chi connectivity index (χ4v) is 0.772. The molecule has 1 unspecified atom stereocenters. The number of hydrogen-bond acceptors (Lipinski definition) is 4. The van der Waals surface area contributed by atoms with E-state index in [1.165, 1.54) is 0 Å². The van der Waals surface area contributed by atoms with Gasteiger partial charge in [0.05, 0.1) is 0 Å². The van der Waals surface area contributed by atoms with Crippen molar-refractivity contribution in [2.24, 2.45) is 11.5 Å². The third-order valence-corrected chi connectivity index (χ3v) is 1.24. The highest BCUT2D eigenvalue weighted by atomic mass is 16.3. The summed E-state index contributed by atoms with van der Waals surface area (Å²) in [4.78, 5) is 1.96. The Morgan fingerprint density at radius 3 is 2.60 bits per heavy atom. The minimum absolute atomic E-state index is 0.514. The van der Waals surface area contributed by atoms with Crippen LogP contribution in [0, 0.1) is 0 Å². The normalized spacial score (nSPS) is 14.1. The highest BCUT2D eigenvalue weighted by Crippen LogP contribution is 1.85.